The predicted molar refractivity (Wildman–Crippen MR) is 69.3 cm³/mol. The highest BCUT2D eigenvalue weighted by molar-refractivity contribution is 7.91. The van der Waals surface area contributed by atoms with Crippen LogP contribution in [0.15, 0.2) is 18.3 Å². The van der Waals surface area contributed by atoms with E-state index in [0.29, 0.717) is 18.2 Å². The molecule has 1 aromatic rings. The minimum Gasteiger partial charge on any atom is -0.481 e. The van der Waals surface area contributed by atoms with Crippen LogP contribution in [0.5, 0.6) is 5.88 Å². The van der Waals surface area contributed by atoms with Gasteiger partial charge < -0.3 is 10.1 Å². The van der Waals surface area contributed by atoms with E-state index in [1.807, 2.05) is 6.07 Å². The second kappa shape index (κ2) is 5.67. The molecule has 0 aromatic carbocycles. The zero-order valence-electron chi connectivity index (χ0n) is 10.4. The van der Waals surface area contributed by atoms with E-state index < -0.39 is 9.84 Å². The first-order valence-electron chi connectivity index (χ1n) is 6.02. The van der Waals surface area contributed by atoms with Gasteiger partial charge in [-0.25, -0.2) is 13.4 Å². The van der Waals surface area contributed by atoms with E-state index >= 15 is 0 Å². The standard InChI is InChI=1S/C12H18N2O3S/c1-17-12-5-4-10(8-14-12)7-13-11-3-2-6-18(15,16)9-11/h4-5,8,11,13H,2-3,6-7,9H2,1H3. The lowest BCUT2D eigenvalue weighted by atomic mass is 10.2. The molecule has 0 spiro atoms. The van der Waals surface area contributed by atoms with Crippen LogP contribution in [0.3, 0.4) is 0 Å². The molecule has 1 saturated heterocycles. The van der Waals surface area contributed by atoms with E-state index in [2.05, 4.69) is 10.3 Å². The Bertz CT molecular complexity index is 485. The SMILES string of the molecule is COc1ccc(CNC2CCCS(=O)(=O)C2)cn1. The lowest BCUT2D eigenvalue weighted by Crippen LogP contribution is -2.39. The Morgan fingerprint density at radius 3 is 2.94 bits per heavy atom. The van der Waals surface area contributed by atoms with Crippen LogP contribution in [0.1, 0.15) is 18.4 Å². The Hall–Kier alpha value is -1.14. The first-order valence-corrected chi connectivity index (χ1v) is 7.84. The van der Waals surface area contributed by atoms with Crippen molar-refractivity contribution in [3.05, 3.63) is 23.9 Å². The third-order valence-electron chi connectivity index (χ3n) is 3.06. The molecule has 5 nitrogen and oxygen atoms in total. The molecule has 0 aliphatic carbocycles. The molecule has 0 amide bonds. The topological polar surface area (TPSA) is 68.3 Å². The summed E-state index contributed by atoms with van der Waals surface area (Å²) < 4.78 is 28.0. The number of nitrogens with zero attached hydrogens (tertiary/aromatic N) is 1. The molecule has 18 heavy (non-hydrogen) atoms. The highest BCUT2D eigenvalue weighted by Gasteiger charge is 2.23. The number of rotatable bonds is 4. The van der Waals surface area contributed by atoms with Crippen molar-refractivity contribution in [2.24, 2.45) is 0 Å². The summed E-state index contributed by atoms with van der Waals surface area (Å²) in [6.07, 6.45) is 3.41. The van der Waals surface area contributed by atoms with Gasteiger partial charge in [-0.15, -0.1) is 0 Å². The highest BCUT2D eigenvalue weighted by atomic mass is 32.2. The first-order chi connectivity index (χ1) is 8.59. The first kappa shape index (κ1) is 13.3. The average Bonchev–Trinajstić information content (AvgIpc) is 2.36. The third-order valence-corrected chi connectivity index (χ3v) is 4.89. The summed E-state index contributed by atoms with van der Waals surface area (Å²) in [6, 6.07) is 3.79. The molecular weight excluding hydrogens is 252 g/mol. The minimum atomic E-state index is -2.85. The van der Waals surface area contributed by atoms with Gasteiger partial charge in [-0.2, -0.15) is 0 Å². The number of hydrogen-bond acceptors (Lipinski definition) is 5. The largest absolute Gasteiger partial charge is 0.481 e. The van der Waals surface area contributed by atoms with E-state index in [1.54, 1.807) is 19.4 Å². The van der Waals surface area contributed by atoms with E-state index in [1.165, 1.54) is 0 Å². The van der Waals surface area contributed by atoms with Gasteiger partial charge in [0.1, 0.15) is 0 Å². The van der Waals surface area contributed by atoms with Crippen molar-refractivity contribution in [1.29, 1.82) is 0 Å². The highest BCUT2D eigenvalue weighted by Crippen LogP contribution is 2.13. The molecule has 100 valence electrons. The predicted octanol–water partition coefficient (Wildman–Crippen LogP) is 0.757. The zero-order chi connectivity index (χ0) is 13.0. The van der Waals surface area contributed by atoms with Crippen molar-refractivity contribution in [2.75, 3.05) is 18.6 Å². The molecule has 1 aliphatic rings. The second-order valence-corrected chi connectivity index (χ2v) is 6.77. The molecular formula is C12H18N2O3S. The van der Waals surface area contributed by atoms with E-state index in [-0.39, 0.29) is 11.8 Å². The molecule has 0 radical (unpaired) electrons. The van der Waals surface area contributed by atoms with Gasteiger partial charge in [-0.1, -0.05) is 6.07 Å². The summed E-state index contributed by atoms with van der Waals surface area (Å²) in [5, 5.41) is 3.27. The van der Waals surface area contributed by atoms with Crippen LogP contribution in [0.25, 0.3) is 0 Å². The van der Waals surface area contributed by atoms with Crippen LogP contribution in [0.2, 0.25) is 0 Å². The minimum absolute atomic E-state index is 0.0610. The van der Waals surface area contributed by atoms with Crippen LogP contribution in [-0.2, 0) is 16.4 Å². The van der Waals surface area contributed by atoms with Gasteiger partial charge in [0.25, 0.3) is 0 Å². The van der Waals surface area contributed by atoms with Gasteiger partial charge >= 0.3 is 0 Å². The van der Waals surface area contributed by atoms with Crippen LogP contribution in [-0.4, -0.2) is 38.1 Å². The van der Waals surface area contributed by atoms with Gasteiger partial charge in [-0.05, 0) is 18.4 Å². The molecule has 1 aliphatic heterocycles. The van der Waals surface area contributed by atoms with Crippen molar-refractivity contribution >= 4 is 9.84 Å². The summed E-state index contributed by atoms with van der Waals surface area (Å²) in [7, 11) is -1.27. The molecule has 0 saturated carbocycles. The van der Waals surface area contributed by atoms with Gasteiger partial charge in [0.15, 0.2) is 9.84 Å². The van der Waals surface area contributed by atoms with Crippen LogP contribution in [0.4, 0.5) is 0 Å². The number of sulfone groups is 1. The summed E-state index contributed by atoms with van der Waals surface area (Å²) in [5.41, 5.74) is 1.03. The molecule has 1 aromatic heterocycles. The van der Waals surface area contributed by atoms with Crippen molar-refractivity contribution in [3.8, 4) is 5.88 Å². The average molecular weight is 270 g/mol. The number of pyridine rings is 1. The Morgan fingerprint density at radius 1 is 1.50 bits per heavy atom. The fourth-order valence-corrected chi connectivity index (χ4v) is 3.75. The van der Waals surface area contributed by atoms with Crippen molar-refractivity contribution in [3.63, 3.8) is 0 Å². The molecule has 1 N–H and O–H groups in total. The number of nitrogens with one attached hydrogen (secondary N) is 1. The number of ether oxygens (including phenoxy) is 1. The normalized spacial score (nSPS) is 22.6. The zero-order valence-corrected chi connectivity index (χ0v) is 11.2. The molecule has 2 heterocycles. The summed E-state index contributed by atoms with van der Waals surface area (Å²) in [5.74, 6) is 1.16. The van der Waals surface area contributed by atoms with E-state index in [0.717, 1.165) is 18.4 Å². The Kier molecular flexibility index (Phi) is 4.19. The number of aromatic nitrogens is 1. The molecule has 6 heteroatoms. The second-order valence-electron chi connectivity index (χ2n) is 4.54. The van der Waals surface area contributed by atoms with Crippen molar-refractivity contribution < 1.29 is 13.2 Å². The molecule has 1 atom stereocenters. The Balaban J connectivity index is 1.87. The quantitative estimate of drug-likeness (QED) is 0.874. The van der Waals surface area contributed by atoms with Crippen LogP contribution >= 0.6 is 0 Å². The lowest BCUT2D eigenvalue weighted by Gasteiger charge is -2.23. The van der Waals surface area contributed by atoms with Gasteiger partial charge in [0.05, 0.1) is 18.6 Å². The van der Waals surface area contributed by atoms with Gasteiger partial charge in [-0.3, -0.25) is 0 Å². The van der Waals surface area contributed by atoms with Gasteiger partial charge in [0.2, 0.25) is 5.88 Å². The van der Waals surface area contributed by atoms with Gasteiger partial charge in [0, 0.05) is 24.8 Å². The molecule has 2 rings (SSSR count). The smallest absolute Gasteiger partial charge is 0.212 e. The Labute approximate surface area is 107 Å². The van der Waals surface area contributed by atoms with Crippen LogP contribution < -0.4 is 10.1 Å². The third kappa shape index (κ3) is 3.68. The number of methoxy groups -OCH3 is 1. The summed E-state index contributed by atoms with van der Waals surface area (Å²) >= 11 is 0. The maximum absolute atomic E-state index is 11.5. The van der Waals surface area contributed by atoms with E-state index in [9.17, 15) is 8.42 Å². The summed E-state index contributed by atoms with van der Waals surface area (Å²) in [6.45, 7) is 0.636. The van der Waals surface area contributed by atoms with Crippen molar-refractivity contribution in [2.45, 2.75) is 25.4 Å². The molecule has 1 unspecified atom stereocenters. The fourth-order valence-electron chi connectivity index (χ4n) is 2.08. The fraction of sp³-hybridized carbons (Fsp3) is 0.583. The lowest BCUT2D eigenvalue weighted by molar-refractivity contribution is 0.397. The van der Waals surface area contributed by atoms with Crippen molar-refractivity contribution in [1.82, 2.24) is 10.3 Å². The molecule has 1 fully saturated rings. The maximum atomic E-state index is 11.5. The van der Waals surface area contributed by atoms with Crippen LogP contribution in [0, 0.1) is 0 Å². The Morgan fingerprint density at radius 2 is 2.33 bits per heavy atom. The maximum Gasteiger partial charge on any atom is 0.212 e. The summed E-state index contributed by atoms with van der Waals surface area (Å²) in [4.78, 5) is 4.11. The number of hydrogen-bond donors (Lipinski definition) is 1. The molecule has 0 bridgehead atoms. The monoisotopic (exact) mass is 270 g/mol. The van der Waals surface area contributed by atoms with E-state index in [4.69, 9.17) is 4.74 Å².